The molecule has 0 fully saturated rings. The molecule has 76 heavy (non-hydrogen) atoms. The zero-order valence-electron chi connectivity index (χ0n) is 49.8. The summed E-state index contributed by atoms with van der Waals surface area (Å²) in [5, 5.41) is 1.59. The molecule has 0 saturated heterocycles. The van der Waals surface area contributed by atoms with E-state index < -0.39 is 31.4 Å². The van der Waals surface area contributed by atoms with Crippen molar-refractivity contribution in [2.24, 2.45) is 0 Å². The van der Waals surface area contributed by atoms with E-state index in [2.05, 4.69) is 72.7 Å². The molecule has 9 nitrogen and oxygen atoms in total. The van der Waals surface area contributed by atoms with Crippen molar-refractivity contribution in [3.05, 3.63) is 60.7 Å². The van der Waals surface area contributed by atoms with Gasteiger partial charge in [0, 0.05) is 12.8 Å². The lowest BCUT2D eigenvalue weighted by atomic mass is 10.0. The largest absolute Gasteiger partial charge is 0.466 e. The van der Waals surface area contributed by atoms with Gasteiger partial charge in [0.15, 0.2) is 6.10 Å². The third-order valence-corrected chi connectivity index (χ3v) is 20.1. The van der Waals surface area contributed by atoms with Gasteiger partial charge in [0.25, 0.3) is 8.32 Å². The standard InChI is InChI=1S/C66H112O9Si/c1-8-12-16-20-24-34-46-57(44-32-18-14-10-3)73-62(67)52-40-26-22-28-42-54-71-64(69)56-61(75-76(66(5,6)7,59-48-36-30-37-49-59)60-50-38-31-39-51-60)65(70)72-55-43-29-23-27-41-53-63(68)74-58(45-33-19-15-11-4)47-35-25-21-17-13-9-2/h30-31,36-39,48-51,57-58,61H,8-29,32-35,40-47,52-56H2,1-7H3. The Morgan fingerprint density at radius 2 is 0.737 bits per heavy atom. The minimum Gasteiger partial charge on any atom is -0.466 e. The molecule has 0 heterocycles. The van der Waals surface area contributed by atoms with Crippen LogP contribution in [0.3, 0.4) is 0 Å². The van der Waals surface area contributed by atoms with Crippen molar-refractivity contribution in [2.45, 2.75) is 309 Å². The predicted molar refractivity (Wildman–Crippen MR) is 318 cm³/mol. The van der Waals surface area contributed by atoms with Crippen LogP contribution in [0.25, 0.3) is 0 Å². The molecule has 0 amide bonds. The van der Waals surface area contributed by atoms with Gasteiger partial charge in [-0.05, 0) is 92.5 Å². The van der Waals surface area contributed by atoms with Gasteiger partial charge in [0.2, 0.25) is 0 Å². The highest BCUT2D eigenvalue weighted by Crippen LogP contribution is 2.38. The number of esters is 4. The molecule has 0 saturated carbocycles. The van der Waals surface area contributed by atoms with Gasteiger partial charge in [-0.3, -0.25) is 14.4 Å². The summed E-state index contributed by atoms with van der Waals surface area (Å²) in [6.07, 6.45) is 36.1. The minimum absolute atomic E-state index is 0.0325. The molecule has 0 aliphatic heterocycles. The Morgan fingerprint density at radius 1 is 0.408 bits per heavy atom. The molecule has 0 bridgehead atoms. The number of carbonyl (C=O) groups is 4. The predicted octanol–water partition coefficient (Wildman–Crippen LogP) is 17.4. The fraction of sp³-hybridized carbons (Fsp3) is 0.758. The Labute approximate surface area is 466 Å². The summed E-state index contributed by atoms with van der Waals surface area (Å²) in [5.74, 6) is -1.19. The average molecular weight is 1080 g/mol. The maximum absolute atomic E-state index is 14.2. The molecule has 10 heteroatoms. The van der Waals surface area contributed by atoms with Crippen LogP contribution < -0.4 is 10.4 Å². The molecule has 0 aliphatic carbocycles. The highest BCUT2D eigenvalue weighted by atomic mass is 28.4. The molecule has 3 unspecified atom stereocenters. The fourth-order valence-corrected chi connectivity index (χ4v) is 15.1. The fourth-order valence-electron chi connectivity index (χ4n) is 10.5. The van der Waals surface area contributed by atoms with E-state index in [9.17, 15) is 19.2 Å². The van der Waals surface area contributed by atoms with E-state index in [1.165, 1.54) is 103 Å². The highest BCUT2D eigenvalue weighted by Gasteiger charge is 2.53. The molecule has 0 aliphatic rings. The number of rotatable bonds is 49. The molecule has 2 aromatic carbocycles. The Morgan fingerprint density at radius 3 is 1.12 bits per heavy atom. The quantitative estimate of drug-likeness (QED) is 0.0276. The first-order chi connectivity index (χ1) is 36.9. The van der Waals surface area contributed by atoms with Gasteiger partial charge in [0.1, 0.15) is 12.2 Å². The van der Waals surface area contributed by atoms with Crippen molar-refractivity contribution in [2.75, 3.05) is 13.2 Å². The normalized spacial score (nSPS) is 13.0. The SMILES string of the molecule is CCCCCCCCC(CCCCCC)OC(=O)CCCCCCCOC(=O)CC(O[Si](c1ccccc1)(c1ccccc1)C(C)(C)C)C(=O)OCCCCCCCC(=O)OC(CCCCCC)CCCCCCCC. The summed E-state index contributed by atoms with van der Waals surface area (Å²) < 4.78 is 31.0. The molecule has 2 aromatic rings. The maximum atomic E-state index is 14.2. The van der Waals surface area contributed by atoms with Crippen LogP contribution in [0.1, 0.15) is 286 Å². The average Bonchev–Trinajstić information content (AvgIpc) is 3.41. The van der Waals surface area contributed by atoms with Crippen molar-refractivity contribution in [3.8, 4) is 0 Å². The summed E-state index contributed by atoms with van der Waals surface area (Å²) in [7, 11) is -3.23. The maximum Gasteiger partial charge on any atom is 0.334 e. The van der Waals surface area contributed by atoms with Crippen LogP contribution in [-0.2, 0) is 42.6 Å². The molecule has 3 atom stereocenters. The van der Waals surface area contributed by atoms with Crippen LogP contribution in [-0.4, -0.2) is 63.7 Å². The Balaban J connectivity index is 1.94. The summed E-state index contributed by atoms with van der Waals surface area (Å²) >= 11 is 0. The van der Waals surface area contributed by atoms with E-state index in [4.69, 9.17) is 23.4 Å². The molecule has 2 rings (SSSR count). The number of carbonyl (C=O) groups excluding carboxylic acids is 4. The number of ether oxygens (including phenoxy) is 4. The molecule has 434 valence electrons. The van der Waals surface area contributed by atoms with Crippen molar-refractivity contribution < 1.29 is 42.6 Å². The summed E-state index contributed by atoms with van der Waals surface area (Å²) in [6.45, 7) is 15.8. The van der Waals surface area contributed by atoms with Gasteiger partial charge in [-0.1, -0.05) is 250 Å². The summed E-state index contributed by atoms with van der Waals surface area (Å²) in [6, 6.07) is 20.2. The highest BCUT2D eigenvalue weighted by molar-refractivity contribution is 6.99. The van der Waals surface area contributed by atoms with Crippen molar-refractivity contribution in [1.29, 1.82) is 0 Å². The number of benzene rings is 2. The third kappa shape index (κ3) is 31.2. The van der Waals surface area contributed by atoms with Crippen LogP contribution in [0.15, 0.2) is 60.7 Å². The van der Waals surface area contributed by atoms with Crippen molar-refractivity contribution in [1.82, 2.24) is 0 Å². The second-order valence-corrected chi connectivity index (χ2v) is 27.2. The smallest absolute Gasteiger partial charge is 0.334 e. The lowest BCUT2D eigenvalue weighted by Gasteiger charge is -2.44. The first-order valence-corrected chi connectivity index (χ1v) is 33.3. The first kappa shape index (κ1) is 68.6. The van der Waals surface area contributed by atoms with Crippen LogP contribution in [0.4, 0.5) is 0 Å². The van der Waals surface area contributed by atoms with Crippen molar-refractivity contribution in [3.63, 3.8) is 0 Å². The summed E-state index contributed by atoms with van der Waals surface area (Å²) in [5.41, 5.74) is 0. The first-order valence-electron chi connectivity index (χ1n) is 31.4. The van der Waals surface area contributed by atoms with Gasteiger partial charge in [0.05, 0.1) is 19.6 Å². The lowest BCUT2D eigenvalue weighted by molar-refractivity contribution is -0.159. The van der Waals surface area contributed by atoms with Crippen molar-refractivity contribution >= 4 is 42.6 Å². The number of hydrogen-bond donors (Lipinski definition) is 0. The van der Waals surface area contributed by atoms with Crippen LogP contribution in [0.2, 0.25) is 5.04 Å². The third-order valence-electron chi connectivity index (χ3n) is 15.0. The van der Waals surface area contributed by atoms with Gasteiger partial charge < -0.3 is 23.4 Å². The molecule has 0 N–H and O–H groups in total. The molecule has 0 aromatic heterocycles. The number of hydrogen-bond acceptors (Lipinski definition) is 9. The van der Waals surface area contributed by atoms with Gasteiger partial charge >= 0.3 is 23.9 Å². The minimum atomic E-state index is -3.23. The van der Waals surface area contributed by atoms with Crippen LogP contribution >= 0.6 is 0 Å². The Hall–Kier alpha value is -3.50. The molecular weight excluding hydrogens is 965 g/mol. The second-order valence-electron chi connectivity index (χ2n) is 22.9. The van der Waals surface area contributed by atoms with Gasteiger partial charge in [-0.25, -0.2) is 4.79 Å². The van der Waals surface area contributed by atoms with E-state index in [-0.39, 0.29) is 43.8 Å². The van der Waals surface area contributed by atoms with E-state index >= 15 is 0 Å². The summed E-state index contributed by atoms with van der Waals surface area (Å²) in [4.78, 5) is 53.6. The number of unbranched alkanes of at least 4 members (excludes halogenated alkanes) is 24. The molecular formula is C66H112O9Si. The van der Waals surface area contributed by atoms with Gasteiger partial charge in [-0.15, -0.1) is 0 Å². The zero-order chi connectivity index (χ0) is 55.4. The van der Waals surface area contributed by atoms with Crippen LogP contribution in [0.5, 0.6) is 0 Å². The van der Waals surface area contributed by atoms with E-state index in [0.717, 1.165) is 113 Å². The topological polar surface area (TPSA) is 114 Å². The Bertz CT molecular complexity index is 1690. The lowest BCUT2D eigenvalue weighted by Crippen LogP contribution is -2.68. The van der Waals surface area contributed by atoms with E-state index in [1.807, 2.05) is 36.4 Å². The van der Waals surface area contributed by atoms with Crippen LogP contribution in [0, 0.1) is 0 Å². The van der Waals surface area contributed by atoms with E-state index in [0.29, 0.717) is 25.7 Å². The second kappa shape index (κ2) is 44.4. The zero-order valence-corrected chi connectivity index (χ0v) is 50.8. The molecule has 0 spiro atoms. The van der Waals surface area contributed by atoms with E-state index in [1.54, 1.807) is 0 Å². The Kier molecular flexibility index (Phi) is 40.0. The molecule has 0 radical (unpaired) electrons. The monoisotopic (exact) mass is 1080 g/mol. The van der Waals surface area contributed by atoms with Gasteiger partial charge in [-0.2, -0.15) is 0 Å².